The lowest BCUT2D eigenvalue weighted by Gasteiger charge is -1.96. The van der Waals surface area contributed by atoms with E-state index in [4.69, 9.17) is 11.1 Å². The number of hydrogen-bond donors (Lipinski definition) is 2. The summed E-state index contributed by atoms with van der Waals surface area (Å²) in [6.07, 6.45) is 1.61. The van der Waals surface area contributed by atoms with E-state index < -0.39 is 9.84 Å². The molecular weight excluding hydrogens is 258 g/mol. The maximum Gasteiger partial charge on any atom is 0.156 e. The SMILES string of the molecule is CCCc1nc(CS(=O)(=O)CC)sc1C(=N)N. The van der Waals surface area contributed by atoms with Crippen molar-refractivity contribution in [3.05, 3.63) is 15.6 Å². The number of aryl methyl sites for hydroxylation is 1. The van der Waals surface area contributed by atoms with Gasteiger partial charge in [-0.2, -0.15) is 0 Å². The Morgan fingerprint density at radius 3 is 2.59 bits per heavy atom. The van der Waals surface area contributed by atoms with Crippen LogP contribution in [0.25, 0.3) is 0 Å². The number of thiazole rings is 1. The number of nitrogens with two attached hydrogens (primary N) is 1. The minimum atomic E-state index is -3.08. The molecule has 17 heavy (non-hydrogen) atoms. The normalized spacial score (nSPS) is 11.6. The monoisotopic (exact) mass is 275 g/mol. The number of amidine groups is 1. The minimum absolute atomic E-state index is 0.0360. The van der Waals surface area contributed by atoms with E-state index in [0.717, 1.165) is 18.5 Å². The van der Waals surface area contributed by atoms with Crippen molar-refractivity contribution in [1.29, 1.82) is 5.41 Å². The number of aromatic nitrogens is 1. The second kappa shape index (κ2) is 5.59. The summed E-state index contributed by atoms with van der Waals surface area (Å²) in [7, 11) is -3.08. The molecule has 0 bridgehead atoms. The van der Waals surface area contributed by atoms with Crippen LogP contribution in [0.2, 0.25) is 0 Å². The Morgan fingerprint density at radius 1 is 1.47 bits per heavy atom. The summed E-state index contributed by atoms with van der Waals surface area (Å²) < 4.78 is 23.0. The Labute approximate surface area is 105 Å². The molecule has 0 saturated carbocycles. The van der Waals surface area contributed by atoms with Crippen molar-refractivity contribution in [1.82, 2.24) is 4.98 Å². The van der Waals surface area contributed by atoms with E-state index in [1.807, 2.05) is 6.92 Å². The molecule has 1 rings (SSSR count). The van der Waals surface area contributed by atoms with Gasteiger partial charge in [0.25, 0.3) is 0 Å². The van der Waals surface area contributed by atoms with Crippen molar-refractivity contribution in [2.24, 2.45) is 5.73 Å². The third-order valence-corrected chi connectivity index (χ3v) is 5.16. The lowest BCUT2D eigenvalue weighted by Crippen LogP contribution is -2.11. The van der Waals surface area contributed by atoms with Crippen LogP contribution in [-0.2, 0) is 22.0 Å². The van der Waals surface area contributed by atoms with E-state index in [2.05, 4.69) is 4.98 Å². The van der Waals surface area contributed by atoms with Gasteiger partial charge in [0, 0.05) is 5.75 Å². The molecule has 0 amide bonds. The lowest BCUT2D eigenvalue weighted by molar-refractivity contribution is 0.596. The number of sulfone groups is 1. The third-order valence-electron chi connectivity index (χ3n) is 2.26. The number of nitrogen functional groups attached to an aromatic ring is 1. The third kappa shape index (κ3) is 3.78. The summed E-state index contributed by atoms with van der Waals surface area (Å²) in [5.74, 6) is 0.00888. The van der Waals surface area contributed by atoms with Crippen LogP contribution >= 0.6 is 11.3 Å². The first-order valence-electron chi connectivity index (χ1n) is 5.43. The topological polar surface area (TPSA) is 96.9 Å². The van der Waals surface area contributed by atoms with Gasteiger partial charge in [-0.3, -0.25) is 5.41 Å². The molecule has 0 aliphatic rings. The Kier molecular flexibility index (Phi) is 4.64. The molecule has 7 heteroatoms. The van der Waals surface area contributed by atoms with Gasteiger partial charge in [0.2, 0.25) is 0 Å². The fourth-order valence-electron chi connectivity index (χ4n) is 1.37. The molecule has 0 aliphatic carbocycles. The largest absolute Gasteiger partial charge is 0.383 e. The van der Waals surface area contributed by atoms with Crippen molar-refractivity contribution in [2.75, 3.05) is 5.75 Å². The zero-order chi connectivity index (χ0) is 13.1. The fourth-order valence-corrected chi connectivity index (χ4v) is 3.56. The molecule has 0 spiro atoms. The molecule has 0 aromatic carbocycles. The van der Waals surface area contributed by atoms with Gasteiger partial charge < -0.3 is 5.73 Å². The first kappa shape index (κ1) is 14.1. The molecule has 5 nitrogen and oxygen atoms in total. The molecule has 0 radical (unpaired) electrons. The number of hydrogen-bond acceptors (Lipinski definition) is 5. The van der Waals surface area contributed by atoms with Crippen LogP contribution in [-0.4, -0.2) is 25.0 Å². The smallest absolute Gasteiger partial charge is 0.156 e. The fraction of sp³-hybridized carbons (Fsp3) is 0.600. The van der Waals surface area contributed by atoms with Gasteiger partial charge in [-0.05, 0) is 6.42 Å². The second-order valence-electron chi connectivity index (χ2n) is 3.72. The molecule has 0 aliphatic heterocycles. The van der Waals surface area contributed by atoms with Crippen LogP contribution in [0.15, 0.2) is 0 Å². The van der Waals surface area contributed by atoms with Gasteiger partial charge in [0.1, 0.15) is 16.6 Å². The highest BCUT2D eigenvalue weighted by atomic mass is 32.2. The summed E-state index contributed by atoms with van der Waals surface area (Å²) in [5.41, 5.74) is 6.20. The van der Waals surface area contributed by atoms with Gasteiger partial charge in [0.15, 0.2) is 9.84 Å². The van der Waals surface area contributed by atoms with Crippen molar-refractivity contribution in [3.63, 3.8) is 0 Å². The van der Waals surface area contributed by atoms with Gasteiger partial charge in [0.05, 0.1) is 10.6 Å². The highest BCUT2D eigenvalue weighted by Gasteiger charge is 2.17. The van der Waals surface area contributed by atoms with E-state index in [-0.39, 0.29) is 17.3 Å². The number of nitrogens with one attached hydrogen (secondary N) is 1. The molecule has 1 heterocycles. The van der Waals surface area contributed by atoms with Crippen molar-refractivity contribution in [3.8, 4) is 0 Å². The number of nitrogens with zero attached hydrogens (tertiary/aromatic N) is 1. The molecule has 1 aromatic rings. The number of rotatable bonds is 6. The molecule has 3 N–H and O–H groups in total. The van der Waals surface area contributed by atoms with Crippen molar-refractivity contribution >= 4 is 27.0 Å². The van der Waals surface area contributed by atoms with Crippen LogP contribution in [0, 0.1) is 5.41 Å². The molecule has 0 unspecified atom stereocenters. The highest BCUT2D eigenvalue weighted by Crippen LogP contribution is 2.21. The zero-order valence-corrected chi connectivity index (χ0v) is 11.6. The zero-order valence-electron chi connectivity index (χ0n) is 9.99. The maximum absolute atomic E-state index is 11.5. The minimum Gasteiger partial charge on any atom is -0.383 e. The second-order valence-corrected chi connectivity index (χ2v) is 7.16. The van der Waals surface area contributed by atoms with E-state index in [9.17, 15) is 8.42 Å². The Hall–Kier alpha value is -0.950. The summed E-state index contributed by atoms with van der Waals surface area (Å²) >= 11 is 1.21. The van der Waals surface area contributed by atoms with Gasteiger partial charge in [-0.1, -0.05) is 20.3 Å². The van der Waals surface area contributed by atoms with Crippen LogP contribution in [0.4, 0.5) is 0 Å². The van der Waals surface area contributed by atoms with Crippen LogP contribution < -0.4 is 5.73 Å². The van der Waals surface area contributed by atoms with Crippen molar-refractivity contribution < 1.29 is 8.42 Å². The highest BCUT2D eigenvalue weighted by molar-refractivity contribution is 7.90. The van der Waals surface area contributed by atoms with Gasteiger partial charge in [-0.15, -0.1) is 11.3 Å². The lowest BCUT2D eigenvalue weighted by atomic mass is 10.2. The first-order valence-corrected chi connectivity index (χ1v) is 8.06. The average molecular weight is 275 g/mol. The summed E-state index contributed by atoms with van der Waals surface area (Å²) in [6.45, 7) is 3.62. The quantitative estimate of drug-likeness (QED) is 0.604. The Balaban J connectivity index is 3.04. The molecule has 96 valence electrons. The summed E-state index contributed by atoms with van der Waals surface area (Å²) in [5, 5.41) is 7.97. The Morgan fingerprint density at radius 2 is 2.12 bits per heavy atom. The van der Waals surface area contributed by atoms with E-state index >= 15 is 0 Å². The molecule has 0 saturated heterocycles. The van der Waals surface area contributed by atoms with Crippen molar-refractivity contribution in [2.45, 2.75) is 32.4 Å². The van der Waals surface area contributed by atoms with Gasteiger partial charge in [-0.25, -0.2) is 13.4 Å². The van der Waals surface area contributed by atoms with Crippen LogP contribution in [0.1, 0.15) is 35.8 Å². The molecule has 1 aromatic heterocycles. The molecule has 0 fully saturated rings. The summed E-state index contributed by atoms with van der Waals surface area (Å²) in [4.78, 5) is 4.88. The predicted molar refractivity (Wildman–Crippen MR) is 70.3 cm³/mol. The average Bonchev–Trinajstić information content (AvgIpc) is 2.61. The predicted octanol–water partition coefficient (Wildman–Crippen LogP) is 1.31. The molecule has 0 atom stereocenters. The van der Waals surface area contributed by atoms with E-state index in [1.165, 1.54) is 11.3 Å². The first-order chi connectivity index (χ1) is 7.89. The standard InChI is InChI=1S/C10H17N3O2S2/c1-3-5-7-9(10(11)12)16-8(13-7)6-17(14,15)4-2/h3-6H2,1-2H3,(H3,11,12). The van der Waals surface area contributed by atoms with Crippen LogP contribution in [0.5, 0.6) is 0 Å². The van der Waals surface area contributed by atoms with E-state index in [1.54, 1.807) is 6.92 Å². The van der Waals surface area contributed by atoms with E-state index in [0.29, 0.717) is 9.88 Å². The maximum atomic E-state index is 11.5. The molecular formula is C10H17N3O2S2. The van der Waals surface area contributed by atoms with Crippen LogP contribution in [0.3, 0.4) is 0 Å². The van der Waals surface area contributed by atoms with Gasteiger partial charge >= 0.3 is 0 Å². The Bertz CT molecular complexity index is 506. The summed E-state index contributed by atoms with van der Waals surface area (Å²) in [6, 6.07) is 0.